The van der Waals surface area contributed by atoms with Gasteiger partial charge in [-0.1, -0.05) is 33.1 Å². The van der Waals surface area contributed by atoms with Crippen LogP contribution in [0.4, 0.5) is 10.1 Å². The first-order chi connectivity index (χ1) is 8.71. The Morgan fingerprint density at radius 3 is 2.72 bits per heavy atom. The standard InChI is InChI=1S/C15H21FN2/c1-3-5-6-12(4-2)11-18-15-8-7-13(10-17)9-14(15)16/h7-9,12,18H,3-6,11H2,1-2H3. The Bertz CT molecular complexity index is 409. The van der Waals surface area contributed by atoms with Gasteiger partial charge >= 0.3 is 0 Å². The molecule has 0 aromatic heterocycles. The number of rotatable bonds is 7. The van der Waals surface area contributed by atoms with E-state index in [-0.39, 0.29) is 5.82 Å². The number of nitriles is 1. The van der Waals surface area contributed by atoms with Gasteiger partial charge in [0.05, 0.1) is 17.3 Å². The molecule has 1 rings (SSSR count). The Morgan fingerprint density at radius 2 is 2.17 bits per heavy atom. The van der Waals surface area contributed by atoms with Gasteiger partial charge in [-0.2, -0.15) is 5.26 Å². The first kappa shape index (κ1) is 14.5. The van der Waals surface area contributed by atoms with Gasteiger partial charge in [-0.05, 0) is 30.5 Å². The van der Waals surface area contributed by atoms with Crippen molar-refractivity contribution in [1.82, 2.24) is 0 Å². The summed E-state index contributed by atoms with van der Waals surface area (Å²) in [7, 11) is 0. The fourth-order valence-corrected chi connectivity index (χ4v) is 1.93. The van der Waals surface area contributed by atoms with Gasteiger partial charge in [0.2, 0.25) is 0 Å². The quantitative estimate of drug-likeness (QED) is 0.779. The highest BCUT2D eigenvalue weighted by molar-refractivity contribution is 5.48. The molecule has 0 heterocycles. The lowest BCUT2D eigenvalue weighted by atomic mass is 9.99. The maximum atomic E-state index is 13.6. The molecule has 0 amide bonds. The number of unbranched alkanes of at least 4 members (excludes halogenated alkanes) is 1. The molecule has 0 aliphatic rings. The summed E-state index contributed by atoms with van der Waals surface area (Å²) in [5, 5.41) is 11.8. The minimum Gasteiger partial charge on any atom is -0.382 e. The fourth-order valence-electron chi connectivity index (χ4n) is 1.93. The van der Waals surface area contributed by atoms with Gasteiger partial charge < -0.3 is 5.32 Å². The second-order valence-electron chi connectivity index (χ2n) is 4.60. The van der Waals surface area contributed by atoms with Crippen LogP contribution in [0.5, 0.6) is 0 Å². The molecule has 1 N–H and O–H groups in total. The molecule has 1 aromatic carbocycles. The molecule has 3 heteroatoms. The van der Waals surface area contributed by atoms with Gasteiger partial charge in [0, 0.05) is 6.54 Å². The molecule has 98 valence electrons. The summed E-state index contributed by atoms with van der Waals surface area (Å²) in [5.74, 6) is 0.236. The van der Waals surface area contributed by atoms with Crippen LogP contribution in [-0.2, 0) is 0 Å². The van der Waals surface area contributed by atoms with E-state index in [1.165, 1.54) is 25.3 Å². The lowest BCUT2D eigenvalue weighted by Gasteiger charge is -2.16. The molecule has 0 aliphatic carbocycles. The Labute approximate surface area is 109 Å². The smallest absolute Gasteiger partial charge is 0.147 e. The molecule has 0 saturated carbocycles. The van der Waals surface area contributed by atoms with Gasteiger partial charge in [0.1, 0.15) is 5.82 Å². The summed E-state index contributed by atoms with van der Waals surface area (Å²) in [6.07, 6.45) is 4.70. The van der Waals surface area contributed by atoms with E-state index in [4.69, 9.17) is 5.26 Å². The van der Waals surface area contributed by atoms with Crippen molar-refractivity contribution in [3.8, 4) is 6.07 Å². The Morgan fingerprint density at radius 1 is 1.39 bits per heavy atom. The first-order valence-electron chi connectivity index (χ1n) is 6.64. The zero-order valence-electron chi connectivity index (χ0n) is 11.2. The van der Waals surface area contributed by atoms with Crippen molar-refractivity contribution in [1.29, 1.82) is 5.26 Å². The molecule has 0 saturated heterocycles. The lowest BCUT2D eigenvalue weighted by Crippen LogP contribution is -2.14. The van der Waals surface area contributed by atoms with Crippen LogP contribution in [0.15, 0.2) is 18.2 Å². The molecule has 1 unspecified atom stereocenters. The van der Waals surface area contributed by atoms with Crippen LogP contribution in [0.3, 0.4) is 0 Å². The number of nitrogens with one attached hydrogen (secondary N) is 1. The molecule has 0 fully saturated rings. The van der Waals surface area contributed by atoms with Crippen molar-refractivity contribution in [2.75, 3.05) is 11.9 Å². The van der Waals surface area contributed by atoms with E-state index in [1.54, 1.807) is 12.1 Å². The minimum atomic E-state index is -0.348. The number of hydrogen-bond acceptors (Lipinski definition) is 2. The molecule has 1 atom stereocenters. The van der Waals surface area contributed by atoms with Crippen LogP contribution in [-0.4, -0.2) is 6.54 Å². The van der Waals surface area contributed by atoms with E-state index in [0.717, 1.165) is 13.0 Å². The molecule has 1 aromatic rings. The van der Waals surface area contributed by atoms with Crippen LogP contribution in [0.25, 0.3) is 0 Å². The Hall–Kier alpha value is -1.56. The monoisotopic (exact) mass is 248 g/mol. The van der Waals surface area contributed by atoms with Crippen LogP contribution in [0.1, 0.15) is 45.1 Å². The van der Waals surface area contributed by atoms with E-state index < -0.39 is 0 Å². The SMILES string of the molecule is CCCCC(CC)CNc1ccc(C#N)cc1F. The average molecular weight is 248 g/mol. The van der Waals surface area contributed by atoms with Crippen molar-refractivity contribution in [2.24, 2.45) is 5.92 Å². The van der Waals surface area contributed by atoms with Gasteiger partial charge in [-0.3, -0.25) is 0 Å². The number of anilines is 1. The maximum Gasteiger partial charge on any atom is 0.147 e. The highest BCUT2D eigenvalue weighted by atomic mass is 19.1. The summed E-state index contributed by atoms with van der Waals surface area (Å²) in [6, 6.07) is 6.48. The molecular formula is C15H21FN2. The van der Waals surface area contributed by atoms with Crippen molar-refractivity contribution < 1.29 is 4.39 Å². The molecule has 0 aliphatic heterocycles. The third-order valence-corrected chi connectivity index (χ3v) is 3.22. The molecular weight excluding hydrogens is 227 g/mol. The lowest BCUT2D eigenvalue weighted by molar-refractivity contribution is 0.471. The third-order valence-electron chi connectivity index (χ3n) is 3.22. The number of halogens is 1. The predicted molar refractivity (Wildman–Crippen MR) is 72.9 cm³/mol. The number of benzene rings is 1. The van der Waals surface area contributed by atoms with Crippen LogP contribution < -0.4 is 5.32 Å². The molecule has 0 radical (unpaired) electrons. The summed E-state index contributed by atoms with van der Waals surface area (Å²) >= 11 is 0. The zero-order chi connectivity index (χ0) is 13.4. The second-order valence-corrected chi connectivity index (χ2v) is 4.60. The van der Waals surface area contributed by atoms with Crippen molar-refractivity contribution in [3.05, 3.63) is 29.6 Å². The second kappa shape index (κ2) is 7.71. The molecule has 0 spiro atoms. The zero-order valence-corrected chi connectivity index (χ0v) is 11.2. The number of nitrogens with zero attached hydrogens (tertiary/aromatic N) is 1. The van der Waals surface area contributed by atoms with Crippen molar-refractivity contribution in [3.63, 3.8) is 0 Å². The highest BCUT2D eigenvalue weighted by Gasteiger charge is 2.08. The van der Waals surface area contributed by atoms with Crippen molar-refractivity contribution in [2.45, 2.75) is 39.5 Å². The molecule has 2 nitrogen and oxygen atoms in total. The highest BCUT2D eigenvalue weighted by Crippen LogP contribution is 2.18. The van der Waals surface area contributed by atoms with Crippen LogP contribution in [0.2, 0.25) is 0 Å². The minimum absolute atomic E-state index is 0.348. The average Bonchev–Trinajstić information content (AvgIpc) is 2.40. The first-order valence-corrected chi connectivity index (χ1v) is 6.64. The normalized spacial score (nSPS) is 11.9. The van der Waals surface area contributed by atoms with Crippen molar-refractivity contribution >= 4 is 5.69 Å². The third kappa shape index (κ3) is 4.37. The van der Waals surface area contributed by atoms with E-state index in [1.807, 2.05) is 6.07 Å². The van der Waals surface area contributed by atoms with E-state index in [0.29, 0.717) is 17.2 Å². The molecule has 18 heavy (non-hydrogen) atoms. The Balaban J connectivity index is 2.54. The van der Waals surface area contributed by atoms with E-state index in [9.17, 15) is 4.39 Å². The summed E-state index contributed by atoms with van der Waals surface area (Å²) in [6.45, 7) is 5.14. The van der Waals surface area contributed by atoms with Gasteiger partial charge in [0.25, 0.3) is 0 Å². The number of hydrogen-bond donors (Lipinski definition) is 1. The largest absolute Gasteiger partial charge is 0.382 e. The summed E-state index contributed by atoms with van der Waals surface area (Å²) in [5.41, 5.74) is 0.847. The summed E-state index contributed by atoms with van der Waals surface area (Å²) in [4.78, 5) is 0. The summed E-state index contributed by atoms with van der Waals surface area (Å²) < 4.78 is 13.6. The topological polar surface area (TPSA) is 35.8 Å². The van der Waals surface area contributed by atoms with E-state index in [2.05, 4.69) is 19.2 Å². The van der Waals surface area contributed by atoms with Gasteiger partial charge in [0.15, 0.2) is 0 Å². The fraction of sp³-hybridized carbons (Fsp3) is 0.533. The van der Waals surface area contributed by atoms with Crippen LogP contribution in [0, 0.1) is 23.1 Å². The van der Waals surface area contributed by atoms with Gasteiger partial charge in [-0.25, -0.2) is 4.39 Å². The van der Waals surface area contributed by atoms with Crippen LogP contribution >= 0.6 is 0 Å². The predicted octanol–water partition coefficient (Wildman–Crippen LogP) is 4.33. The van der Waals surface area contributed by atoms with Gasteiger partial charge in [-0.15, -0.1) is 0 Å². The Kier molecular flexibility index (Phi) is 6.21. The molecule has 0 bridgehead atoms. The maximum absolute atomic E-state index is 13.6. The van der Waals surface area contributed by atoms with E-state index >= 15 is 0 Å².